The molecular formula is C11H12O2S3. The number of hydrogen-bond acceptors (Lipinski definition) is 5. The molecule has 0 saturated heterocycles. The maximum atomic E-state index is 11.7. The van der Waals surface area contributed by atoms with Gasteiger partial charge < -0.3 is 4.74 Å². The molecule has 0 N–H and O–H groups in total. The number of ether oxygens (including phenoxy) is 1. The summed E-state index contributed by atoms with van der Waals surface area (Å²) in [5.74, 6) is -0.271. The molecule has 5 heteroatoms. The van der Waals surface area contributed by atoms with E-state index < -0.39 is 0 Å². The monoisotopic (exact) mass is 272 g/mol. The molecule has 0 saturated carbocycles. The van der Waals surface area contributed by atoms with Crippen molar-refractivity contribution in [2.45, 2.75) is 5.25 Å². The maximum absolute atomic E-state index is 11.7. The number of esters is 1. The highest BCUT2D eigenvalue weighted by molar-refractivity contribution is 8.47. The van der Waals surface area contributed by atoms with Crippen LogP contribution in [-0.4, -0.2) is 22.9 Å². The lowest BCUT2D eigenvalue weighted by Crippen LogP contribution is -2.12. The molecule has 1 atom stereocenters. The van der Waals surface area contributed by atoms with Gasteiger partial charge in [0.05, 0.1) is 7.11 Å². The Morgan fingerprint density at radius 3 is 2.50 bits per heavy atom. The Morgan fingerprint density at radius 1 is 1.38 bits per heavy atom. The van der Waals surface area contributed by atoms with Gasteiger partial charge in [-0.1, -0.05) is 54.3 Å². The largest absolute Gasteiger partial charge is 0.468 e. The molecule has 1 unspecified atom stereocenters. The molecule has 0 radical (unpaired) electrons. The summed E-state index contributed by atoms with van der Waals surface area (Å²) < 4.78 is 5.52. The predicted molar refractivity (Wildman–Crippen MR) is 74.9 cm³/mol. The molecule has 1 aromatic rings. The third kappa shape index (κ3) is 3.81. The summed E-state index contributed by atoms with van der Waals surface area (Å²) in [7, 11) is 1.39. The van der Waals surface area contributed by atoms with E-state index in [1.807, 2.05) is 36.6 Å². The normalized spacial score (nSPS) is 11.9. The average molecular weight is 272 g/mol. The van der Waals surface area contributed by atoms with Gasteiger partial charge in [-0.25, -0.2) is 0 Å². The molecule has 2 nitrogen and oxygen atoms in total. The van der Waals surface area contributed by atoms with E-state index in [2.05, 4.69) is 0 Å². The summed E-state index contributed by atoms with van der Waals surface area (Å²) in [6.45, 7) is 0. The second-order valence-corrected chi connectivity index (χ2v) is 6.00. The Labute approximate surface area is 109 Å². The van der Waals surface area contributed by atoms with Crippen LogP contribution in [0.15, 0.2) is 30.3 Å². The average Bonchev–Trinajstić information content (AvgIpc) is 2.35. The molecule has 0 fully saturated rings. The third-order valence-electron chi connectivity index (χ3n) is 1.90. The molecule has 0 heterocycles. The Balaban J connectivity index is 2.88. The van der Waals surface area contributed by atoms with Gasteiger partial charge in [0.25, 0.3) is 0 Å². The second-order valence-electron chi connectivity index (χ2n) is 2.89. The van der Waals surface area contributed by atoms with Crippen molar-refractivity contribution < 1.29 is 9.53 Å². The summed E-state index contributed by atoms with van der Waals surface area (Å²) >= 11 is 7.93. The SMILES string of the molecule is COC(=O)C(SC(=S)SC)c1ccccc1. The van der Waals surface area contributed by atoms with Crippen LogP contribution >= 0.6 is 35.7 Å². The van der Waals surface area contributed by atoms with Gasteiger partial charge in [-0.2, -0.15) is 0 Å². The summed E-state index contributed by atoms with van der Waals surface area (Å²) in [5, 5.41) is -0.369. The van der Waals surface area contributed by atoms with E-state index in [0.717, 1.165) is 9.09 Å². The van der Waals surface area contributed by atoms with Crippen LogP contribution in [0.5, 0.6) is 0 Å². The van der Waals surface area contributed by atoms with Crippen LogP contribution in [0.2, 0.25) is 0 Å². The fraction of sp³-hybridized carbons (Fsp3) is 0.273. The summed E-state index contributed by atoms with van der Waals surface area (Å²) in [6.07, 6.45) is 1.90. The van der Waals surface area contributed by atoms with Crippen molar-refractivity contribution >= 4 is 45.2 Å². The van der Waals surface area contributed by atoms with Gasteiger partial charge in [0.2, 0.25) is 0 Å². The van der Waals surface area contributed by atoms with Gasteiger partial charge >= 0.3 is 5.97 Å². The van der Waals surface area contributed by atoms with Crippen LogP contribution in [-0.2, 0) is 9.53 Å². The number of hydrogen-bond donors (Lipinski definition) is 0. The standard InChI is InChI=1S/C11H12O2S3/c1-13-10(12)9(16-11(14)15-2)8-6-4-3-5-7-8/h3-7,9H,1-2H3. The van der Waals surface area contributed by atoms with E-state index in [4.69, 9.17) is 17.0 Å². The minimum absolute atomic E-state index is 0.271. The molecule has 0 amide bonds. The first-order valence-electron chi connectivity index (χ1n) is 4.56. The van der Waals surface area contributed by atoms with Crippen LogP contribution in [0.4, 0.5) is 0 Å². The van der Waals surface area contributed by atoms with Gasteiger partial charge in [-0.3, -0.25) is 4.79 Å². The summed E-state index contributed by atoms with van der Waals surface area (Å²) in [4.78, 5) is 11.7. The van der Waals surface area contributed by atoms with Crippen LogP contribution in [0.25, 0.3) is 0 Å². The van der Waals surface area contributed by atoms with Crippen LogP contribution < -0.4 is 0 Å². The predicted octanol–water partition coefficient (Wildman–Crippen LogP) is 3.28. The zero-order valence-electron chi connectivity index (χ0n) is 9.01. The Bertz CT molecular complexity index is 365. The van der Waals surface area contributed by atoms with Crippen molar-refractivity contribution in [3.05, 3.63) is 35.9 Å². The van der Waals surface area contributed by atoms with Crippen LogP contribution in [0, 0.1) is 0 Å². The van der Waals surface area contributed by atoms with Gasteiger partial charge in [-0.05, 0) is 11.8 Å². The molecule has 0 bridgehead atoms. The molecule has 0 aliphatic heterocycles. The minimum atomic E-state index is -0.369. The zero-order valence-corrected chi connectivity index (χ0v) is 11.5. The van der Waals surface area contributed by atoms with Crippen molar-refractivity contribution in [3.63, 3.8) is 0 Å². The van der Waals surface area contributed by atoms with Crippen LogP contribution in [0.1, 0.15) is 10.8 Å². The Hall–Kier alpha value is -0.520. The Kier molecular flexibility index (Phi) is 5.87. The number of thioether (sulfide) groups is 2. The number of carbonyl (C=O) groups excluding carboxylic acids is 1. The van der Waals surface area contributed by atoms with E-state index in [9.17, 15) is 4.79 Å². The second kappa shape index (κ2) is 6.93. The van der Waals surface area contributed by atoms with Gasteiger partial charge in [0.1, 0.15) is 8.78 Å². The molecular weight excluding hydrogens is 260 g/mol. The zero-order chi connectivity index (χ0) is 12.0. The lowest BCUT2D eigenvalue weighted by Gasteiger charge is -2.13. The van der Waals surface area contributed by atoms with Gasteiger partial charge in [0.15, 0.2) is 0 Å². The molecule has 0 aromatic heterocycles. The highest BCUT2D eigenvalue weighted by Gasteiger charge is 2.23. The fourth-order valence-corrected chi connectivity index (χ4v) is 2.77. The van der Waals surface area contributed by atoms with Crippen molar-refractivity contribution in [2.75, 3.05) is 13.4 Å². The van der Waals surface area contributed by atoms with Crippen molar-refractivity contribution in [1.29, 1.82) is 0 Å². The van der Waals surface area contributed by atoms with E-state index >= 15 is 0 Å². The fourth-order valence-electron chi connectivity index (χ4n) is 1.13. The maximum Gasteiger partial charge on any atom is 0.323 e. The highest BCUT2D eigenvalue weighted by atomic mass is 32.2. The van der Waals surface area contributed by atoms with Crippen LogP contribution in [0.3, 0.4) is 0 Å². The lowest BCUT2D eigenvalue weighted by molar-refractivity contribution is -0.140. The number of methoxy groups -OCH3 is 1. The first-order chi connectivity index (χ1) is 7.69. The molecule has 1 rings (SSSR count). The van der Waals surface area contributed by atoms with E-state index in [0.29, 0.717) is 0 Å². The quantitative estimate of drug-likeness (QED) is 0.621. The van der Waals surface area contributed by atoms with Crippen molar-refractivity contribution in [1.82, 2.24) is 0 Å². The van der Waals surface area contributed by atoms with Gasteiger partial charge in [-0.15, -0.1) is 11.8 Å². The van der Waals surface area contributed by atoms with Crippen molar-refractivity contribution in [3.8, 4) is 0 Å². The summed E-state index contributed by atoms with van der Waals surface area (Å²) in [5.41, 5.74) is 0.913. The summed E-state index contributed by atoms with van der Waals surface area (Å²) in [6, 6.07) is 9.51. The smallest absolute Gasteiger partial charge is 0.323 e. The molecule has 16 heavy (non-hydrogen) atoms. The van der Waals surface area contributed by atoms with E-state index in [1.165, 1.54) is 30.6 Å². The molecule has 86 valence electrons. The van der Waals surface area contributed by atoms with E-state index in [-0.39, 0.29) is 11.2 Å². The highest BCUT2D eigenvalue weighted by Crippen LogP contribution is 2.33. The van der Waals surface area contributed by atoms with Crippen molar-refractivity contribution in [2.24, 2.45) is 0 Å². The number of thiocarbonyl (C=S) groups is 1. The third-order valence-corrected chi connectivity index (χ3v) is 4.70. The van der Waals surface area contributed by atoms with E-state index in [1.54, 1.807) is 0 Å². The molecule has 0 aliphatic rings. The molecule has 1 aromatic carbocycles. The number of benzene rings is 1. The van der Waals surface area contributed by atoms with Gasteiger partial charge in [0, 0.05) is 0 Å². The number of carbonyl (C=O) groups is 1. The lowest BCUT2D eigenvalue weighted by atomic mass is 10.1. The first-order valence-corrected chi connectivity index (χ1v) is 7.07. The topological polar surface area (TPSA) is 26.3 Å². The molecule has 0 spiro atoms. The number of rotatable bonds is 3. The first kappa shape index (κ1) is 13.5. The molecule has 0 aliphatic carbocycles. The Morgan fingerprint density at radius 2 is 2.00 bits per heavy atom. The minimum Gasteiger partial charge on any atom is -0.468 e.